The third-order valence-electron chi connectivity index (χ3n) is 5.49. The fourth-order valence-corrected chi connectivity index (χ4v) is 3.57. The zero-order chi connectivity index (χ0) is 20.2. The van der Waals surface area contributed by atoms with Gasteiger partial charge < -0.3 is 4.90 Å². The van der Waals surface area contributed by atoms with Gasteiger partial charge in [-0.2, -0.15) is 5.10 Å². The quantitative estimate of drug-likeness (QED) is 0.696. The summed E-state index contributed by atoms with van der Waals surface area (Å²) in [4.78, 5) is 14.6. The van der Waals surface area contributed by atoms with Crippen molar-refractivity contribution >= 4 is 5.91 Å². The number of nitrogens with one attached hydrogen (secondary N) is 2. The molecule has 2 aromatic carbocycles. The highest BCUT2D eigenvalue weighted by atomic mass is 16.2. The molecular weight excluding hydrogens is 362 g/mol. The van der Waals surface area contributed by atoms with E-state index in [0.29, 0.717) is 11.3 Å². The highest BCUT2D eigenvalue weighted by Crippen LogP contribution is 2.24. The lowest BCUT2D eigenvalue weighted by atomic mass is 10.0. The summed E-state index contributed by atoms with van der Waals surface area (Å²) in [6, 6.07) is 18.2. The van der Waals surface area contributed by atoms with Crippen LogP contribution in [-0.4, -0.2) is 53.9 Å². The molecule has 6 heteroatoms. The number of carbonyl (C=O) groups excluding carboxylic acids is 1. The summed E-state index contributed by atoms with van der Waals surface area (Å²) in [7, 11) is 2.18. The number of amides is 1. The molecule has 1 amide bonds. The second-order valence-electron chi connectivity index (χ2n) is 7.61. The monoisotopic (exact) mass is 390 g/mol. The van der Waals surface area contributed by atoms with Crippen molar-refractivity contribution in [2.24, 2.45) is 0 Å². The first-order valence-electron chi connectivity index (χ1n) is 10.3. The lowest BCUT2D eigenvalue weighted by Crippen LogP contribution is -3.12. The van der Waals surface area contributed by atoms with Gasteiger partial charge in [0.25, 0.3) is 5.91 Å². The molecule has 1 aliphatic heterocycles. The molecule has 0 atom stereocenters. The highest BCUT2D eigenvalue weighted by Gasteiger charge is 2.23. The largest absolute Gasteiger partial charge is 0.335 e. The summed E-state index contributed by atoms with van der Waals surface area (Å²) in [6.45, 7) is 5.88. The molecule has 2 N–H and O–H groups in total. The summed E-state index contributed by atoms with van der Waals surface area (Å²) >= 11 is 0. The Morgan fingerprint density at radius 2 is 1.76 bits per heavy atom. The molecule has 1 aliphatic rings. The molecule has 150 valence electrons. The maximum atomic E-state index is 13.1. The third-order valence-corrected chi connectivity index (χ3v) is 5.49. The van der Waals surface area contributed by atoms with Gasteiger partial charge in [-0.05, 0) is 24.1 Å². The van der Waals surface area contributed by atoms with Crippen molar-refractivity contribution < 1.29 is 9.69 Å². The number of hydrogen-bond acceptors (Lipinski definition) is 3. The molecule has 0 unspecified atom stereocenters. The molecule has 2 heterocycles. The molecule has 1 aromatic heterocycles. The van der Waals surface area contributed by atoms with E-state index in [2.05, 4.69) is 31.5 Å². The van der Waals surface area contributed by atoms with E-state index in [1.54, 1.807) is 4.68 Å². The second kappa shape index (κ2) is 8.59. The Morgan fingerprint density at radius 3 is 2.41 bits per heavy atom. The Bertz CT molecular complexity index is 957. The molecule has 0 saturated carbocycles. The van der Waals surface area contributed by atoms with Crippen molar-refractivity contribution in [2.75, 3.05) is 33.2 Å². The Kier molecular flexibility index (Phi) is 5.74. The van der Waals surface area contributed by atoms with E-state index in [-0.39, 0.29) is 5.91 Å². The minimum Gasteiger partial charge on any atom is -0.335 e. The van der Waals surface area contributed by atoms with E-state index in [1.165, 1.54) is 10.5 Å². The first kappa shape index (κ1) is 19.4. The minimum atomic E-state index is -0.110. The predicted octanol–water partition coefficient (Wildman–Crippen LogP) is 1.58. The molecule has 1 saturated heterocycles. The SMILES string of the molecule is CCc1ccc(-c2nn(-c3ccccc3)cc2C(=O)NN2CC[NH+](C)CC2)cc1. The molecule has 0 bridgehead atoms. The lowest BCUT2D eigenvalue weighted by molar-refractivity contribution is -0.884. The van der Waals surface area contributed by atoms with E-state index in [1.807, 2.05) is 53.7 Å². The van der Waals surface area contributed by atoms with Crippen LogP contribution in [0.3, 0.4) is 0 Å². The topological polar surface area (TPSA) is 54.6 Å². The molecule has 1 fully saturated rings. The van der Waals surface area contributed by atoms with Crippen LogP contribution in [0.25, 0.3) is 16.9 Å². The molecule has 4 rings (SSSR count). The van der Waals surface area contributed by atoms with E-state index in [4.69, 9.17) is 5.10 Å². The van der Waals surface area contributed by atoms with Crippen LogP contribution in [0.1, 0.15) is 22.8 Å². The third kappa shape index (κ3) is 4.39. The molecular formula is C23H28N5O+. The average Bonchev–Trinajstić information content (AvgIpc) is 3.22. The standard InChI is InChI=1S/C23H27N5O/c1-3-18-9-11-19(12-10-18)22-21(17-28(24-22)20-7-5-4-6-8-20)23(29)25-27-15-13-26(2)14-16-27/h4-12,17H,3,13-16H2,1-2H3,(H,25,29)/p+1. The first-order chi connectivity index (χ1) is 14.1. The van der Waals surface area contributed by atoms with Crippen LogP contribution in [0.4, 0.5) is 0 Å². The van der Waals surface area contributed by atoms with Gasteiger partial charge in [-0.25, -0.2) is 9.69 Å². The van der Waals surface area contributed by atoms with Gasteiger partial charge in [-0.3, -0.25) is 10.2 Å². The highest BCUT2D eigenvalue weighted by molar-refractivity contribution is 5.99. The van der Waals surface area contributed by atoms with Gasteiger partial charge in [0.05, 0.1) is 44.5 Å². The number of likely N-dealkylation sites (N-methyl/N-ethyl adjacent to an activating group) is 1. The number of aryl methyl sites for hydroxylation is 1. The van der Waals surface area contributed by atoms with Crippen LogP contribution in [0.5, 0.6) is 0 Å². The maximum Gasteiger partial charge on any atom is 0.269 e. The van der Waals surface area contributed by atoms with Gasteiger partial charge in [-0.15, -0.1) is 0 Å². The summed E-state index contributed by atoms with van der Waals surface area (Å²) in [5, 5.41) is 6.78. The van der Waals surface area contributed by atoms with Crippen molar-refractivity contribution in [1.82, 2.24) is 20.2 Å². The van der Waals surface area contributed by atoms with E-state index >= 15 is 0 Å². The zero-order valence-corrected chi connectivity index (χ0v) is 17.1. The van der Waals surface area contributed by atoms with Crippen molar-refractivity contribution in [1.29, 1.82) is 0 Å². The summed E-state index contributed by atoms with van der Waals surface area (Å²) in [5.74, 6) is -0.110. The van der Waals surface area contributed by atoms with Crippen LogP contribution in [-0.2, 0) is 6.42 Å². The van der Waals surface area contributed by atoms with Crippen LogP contribution in [0.2, 0.25) is 0 Å². The van der Waals surface area contributed by atoms with Crippen LogP contribution in [0, 0.1) is 0 Å². The number of quaternary nitrogens is 1. The van der Waals surface area contributed by atoms with Gasteiger partial charge in [0, 0.05) is 11.8 Å². The number of para-hydroxylation sites is 1. The van der Waals surface area contributed by atoms with Crippen molar-refractivity contribution in [3.8, 4) is 16.9 Å². The van der Waals surface area contributed by atoms with Gasteiger partial charge in [0.1, 0.15) is 5.69 Å². The average molecular weight is 391 g/mol. The fourth-order valence-electron chi connectivity index (χ4n) is 3.57. The van der Waals surface area contributed by atoms with Gasteiger partial charge >= 0.3 is 0 Å². The van der Waals surface area contributed by atoms with E-state index in [0.717, 1.165) is 43.9 Å². The minimum absolute atomic E-state index is 0.110. The van der Waals surface area contributed by atoms with Gasteiger partial charge in [0.2, 0.25) is 0 Å². The zero-order valence-electron chi connectivity index (χ0n) is 17.1. The molecule has 29 heavy (non-hydrogen) atoms. The number of hydrogen-bond donors (Lipinski definition) is 2. The Hall–Kier alpha value is -2.96. The number of nitrogens with zero attached hydrogens (tertiary/aromatic N) is 3. The van der Waals surface area contributed by atoms with Crippen molar-refractivity contribution in [3.63, 3.8) is 0 Å². The fraction of sp³-hybridized carbons (Fsp3) is 0.304. The Morgan fingerprint density at radius 1 is 1.07 bits per heavy atom. The van der Waals surface area contributed by atoms with Crippen LogP contribution < -0.4 is 10.3 Å². The summed E-state index contributed by atoms with van der Waals surface area (Å²) in [6.07, 6.45) is 2.81. The van der Waals surface area contributed by atoms with Crippen LogP contribution >= 0.6 is 0 Å². The molecule has 6 nitrogen and oxygen atoms in total. The Balaban J connectivity index is 1.66. The van der Waals surface area contributed by atoms with Gasteiger partial charge in [-0.1, -0.05) is 49.4 Å². The number of rotatable bonds is 5. The number of carbonyl (C=O) groups is 1. The lowest BCUT2D eigenvalue weighted by Gasteiger charge is -2.30. The van der Waals surface area contributed by atoms with Crippen molar-refractivity contribution in [3.05, 3.63) is 71.9 Å². The number of aromatic nitrogens is 2. The Labute approximate surface area is 171 Å². The smallest absolute Gasteiger partial charge is 0.269 e. The van der Waals surface area contributed by atoms with E-state index in [9.17, 15) is 4.79 Å². The number of hydrazine groups is 1. The maximum absolute atomic E-state index is 13.1. The second-order valence-corrected chi connectivity index (χ2v) is 7.61. The molecule has 0 spiro atoms. The predicted molar refractivity (Wildman–Crippen MR) is 114 cm³/mol. The molecule has 0 aliphatic carbocycles. The first-order valence-corrected chi connectivity index (χ1v) is 10.3. The normalized spacial score (nSPS) is 15.4. The summed E-state index contributed by atoms with van der Waals surface area (Å²) < 4.78 is 1.78. The summed E-state index contributed by atoms with van der Waals surface area (Å²) in [5.41, 5.74) is 7.52. The molecule has 0 radical (unpaired) electrons. The van der Waals surface area contributed by atoms with Crippen LogP contribution in [0.15, 0.2) is 60.8 Å². The number of benzene rings is 2. The molecule has 3 aromatic rings. The number of piperazine rings is 1. The van der Waals surface area contributed by atoms with Crippen molar-refractivity contribution in [2.45, 2.75) is 13.3 Å². The van der Waals surface area contributed by atoms with E-state index < -0.39 is 0 Å². The van der Waals surface area contributed by atoms with Gasteiger partial charge in [0.15, 0.2) is 0 Å².